The Hall–Kier alpha value is -0.960. The fourth-order valence-corrected chi connectivity index (χ4v) is 1.49. The highest BCUT2D eigenvalue weighted by atomic mass is 16.3. The second kappa shape index (κ2) is 10.6. The molecule has 0 aliphatic rings. The predicted molar refractivity (Wildman–Crippen MR) is 66.6 cm³/mol. The second-order valence-corrected chi connectivity index (χ2v) is 3.99. The van der Waals surface area contributed by atoms with Crippen molar-refractivity contribution in [3.05, 3.63) is 0 Å². The van der Waals surface area contributed by atoms with E-state index >= 15 is 0 Å². The summed E-state index contributed by atoms with van der Waals surface area (Å²) in [6.07, 6.45) is 10.1. The molecule has 0 saturated heterocycles. The van der Waals surface area contributed by atoms with Crippen molar-refractivity contribution in [1.82, 2.24) is 0 Å². The summed E-state index contributed by atoms with van der Waals surface area (Å²) in [7, 11) is 0. The normalized spacial score (nSPS) is 13.4. The quantitative estimate of drug-likeness (QED) is 0.488. The molecule has 2 heteroatoms. The number of rotatable bonds is 8. The van der Waals surface area contributed by atoms with Gasteiger partial charge in [-0.05, 0) is 18.3 Å². The minimum atomic E-state index is -0.771. The Morgan fingerprint density at radius 3 is 2.38 bits per heavy atom. The van der Waals surface area contributed by atoms with E-state index in [-0.39, 0.29) is 6.42 Å². The molecule has 0 aromatic heterocycles. The predicted octanol–water partition coefficient (Wildman–Crippen LogP) is 2.10. The molecular formula is C14H22O2. The third kappa shape index (κ3) is 8.36. The lowest BCUT2D eigenvalue weighted by Gasteiger charge is -2.15. The fourth-order valence-electron chi connectivity index (χ4n) is 1.49. The smallest absolute Gasteiger partial charge is 0.0908 e. The van der Waals surface area contributed by atoms with Gasteiger partial charge in [0.05, 0.1) is 12.2 Å². The van der Waals surface area contributed by atoms with Crippen LogP contribution in [0.4, 0.5) is 0 Å². The Bertz CT molecular complexity index is 254. The second-order valence-electron chi connectivity index (χ2n) is 3.99. The van der Waals surface area contributed by atoms with E-state index in [0.29, 0.717) is 6.42 Å². The van der Waals surface area contributed by atoms with Gasteiger partial charge in [-0.3, -0.25) is 0 Å². The summed E-state index contributed by atoms with van der Waals surface area (Å²) in [5.41, 5.74) is 0. The number of terminal acetylenes is 1. The molecule has 2 N–H and O–H groups in total. The van der Waals surface area contributed by atoms with E-state index in [1.807, 2.05) is 0 Å². The zero-order valence-corrected chi connectivity index (χ0v) is 10.1. The third-order valence-electron chi connectivity index (χ3n) is 2.52. The summed E-state index contributed by atoms with van der Waals surface area (Å²) < 4.78 is 0. The summed E-state index contributed by atoms with van der Waals surface area (Å²) in [5, 5.41) is 19.1. The molecule has 0 saturated carbocycles. The van der Waals surface area contributed by atoms with Crippen molar-refractivity contribution >= 4 is 0 Å². The highest BCUT2D eigenvalue weighted by Gasteiger charge is 2.14. The highest BCUT2D eigenvalue weighted by Crippen LogP contribution is 2.10. The Labute approximate surface area is 99.1 Å². The van der Waals surface area contributed by atoms with Gasteiger partial charge in [0.15, 0.2) is 0 Å². The summed E-state index contributed by atoms with van der Waals surface area (Å²) in [5.74, 6) is 7.23. The van der Waals surface area contributed by atoms with Crippen molar-refractivity contribution in [2.75, 3.05) is 0 Å². The molecule has 0 aromatic rings. The Kier molecular flexibility index (Phi) is 9.92. The van der Waals surface area contributed by atoms with Crippen molar-refractivity contribution in [1.29, 1.82) is 0 Å². The van der Waals surface area contributed by atoms with E-state index < -0.39 is 12.2 Å². The standard InChI is InChI=1S/C14H22O2/c1-3-5-7-8-10-12-14(16)13(15)11-9-6-4-2/h2,13-16H,3,5,7-8,10-12H2,1H3. The molecule has 0 bridgehead atoms. The zero-order chi connectivity index (χ0) is 12.2. The lowest BCUT2D eigenvalue weighted by atomic mass is 10.0. The molecule has 2 atom stereocenters. The first-order valence-electron chi connectivity index (χ1n) is 6.02. The van der Waals surface area contributed by atoms with Gasteiger partial charge in [-0.15, -0.1) is 6.42 Å². The highest BCUT2D eigenvalue weighted by molar-refractivity contribution is 5.21. The zero-order valence-electron chi connectivity index (χ0n) is 10.1. The summed E-state index contributed by atoms with van der Waals surface area (Å²) in [6.45, 7) is 2.17. The Balaban J connectivity index is 3.55. The minimum Gasteiger partial charge on any atom is -0.390 e. The molecule has 0 radical (unpaired) electrons. The van der Waals surface area contributed by atoms with Crippen molar-refractivity contribution in [3.8, 4) is 24.2 Å². The van der Waals surface area contributed by atoms with Gasteiger partial charge in [0.1, 0.15) is 0 Å². The van der Waals surface area contributed by atoms with Crippen LogP contribution in [0.25, 0.3) is 0 Å². The largest absolute Gasteiger partial charge is 0.390 e. The van der Waals surface area contributed by atoms with Crippen molar-refractivity contribution < 1.29 is 10.2 Å². The molecule has 2 unspecified atom stereocenters. The average molecular weight is 222 g/mol. The topological polar surface area (TPSA) is 40.5 Å². The van der Waals surface area contributed by atoms with Crippen LogP contribution in [-0.2, 0) is 0 Å². The monoisotopic (exact) mass is 222 g/mol. The van der Waals surface area contributed by atoms with Crippen LogP contribution in [0.15, 0.2) is 0 Å². The molecule has 90 valence electrons. The van der Waals surface area contributed by atoms with Gasteiger partial charge in [0.25, 0.3) is 0 Å². The maximum atomic E-state index is 9.60. The lowest BCUT2D eigenvalue weighted by Crippen LogP contribution is -2.25. The van der Waals surface area contributed by atoms with Gasteiger partial charge in [0.2, 0.25) is 0 Å². The minimum absolute atomic E-state index is 0.250. The van der Waals surface area contributed by atoms with E-state index in [1.54, 1.807) is 0 Å². The van der Waals surface area contributed by atoms with Gasteiger partial charge in [-0.25, -0.2) is 0 Å². The van der Waals surface area contributed by atoms with E-state index in [1.165, 1.54) is 19.3 Å². The first kappa shape index (κ1) is 15.0. The van der Waals surface area contributed by atoms with Crippen LogP contribution in [0.3, 0.4) is 0 Å². The van der Waals surface area contributed by atoms with Crippen molar-refractivity contribution in [2.45, 2.75) is 64.1 Å². The summed E-state index contributed by atoms with van der Waals surface area (Å²) >= 11 is 0. The molecule has 0 heterocycles. The first-order chi connectivity index (χ1) is 7.72. The summed E-state index contributed by atoms with van der Waals surface area (Å²) in [6, 6.07) is 0. The van der Waals surface area contributed by atoms with Crippen molar-refractivity contribution in [2.24, 2.45) is 0 Å². The van der Waals surface area contributed by atoms with Gasteiger partial charge in [-0.1, -0.05) is 44.9 Å². The van der Waals surface area contributed by atoms with Gasteiger partial charge >= 0.3 is 0 Å². The van der Waals surface area contributed by atoms with E-state index in [9.17, 15) is 10.2 Å². The van der Waals surface area contributed by atoms with Crippen molar-refractivity contribution in [3.63, 3.8) is 0 Å². The van der Waals surface area contributed by atoms with Crippen LogP contribution in [0.5, 0.6) is 0 Å². The number of hydrogen-bond donors (Lipinski definition) is 2. The molecule has 0 aliphatic heterocycles. The van der Waals surface area contributed by atoms with E-state index in [4.69, 9.17) is 6.42 Å². The van der Waals surface area contributed by atoms with E-state index in [2.05, 4.69) is 24.7 Å². The number of unbranched alkanes of at least 4 members (excludes halogenated alkanes) is 4. The molecule has 0 fully saturated rings. The lowest BCUT2D eigenvalue weighted by molar-refractivity contribution is 0.0165. The number of hydrogen-bond acceptors (Lipinski definition) is 2. The van der Waals surface area contributed by atoms with Gasteiger partial charge in [-0.2, -0.15) is 0 Å². The molecule has 2 nitrogen and oxygen atoms in total. The molecule has 0 rings (SSSR count). The number of aliphatic hydroxyl groups is 2. The SMILES string of the molecule is C#CC#CCC(O)C(O)CCCCCCC. The van der Waals surface area contributed by atoms with Crippen LogP contribution in [0.1, 0.15) is 51.9 Å². The Morgan fingerprint density at radius 1 is 1.06 bits per heavy atom. The first-order valence-corrected chi connectivity index (χ1v) is 6.02. The number of aliphatic hydroxyl groups excluding tert-OH is 2. The third-order valence-corrected chi connectivity index (χ3v) is 2.52. The van der Waals surface area contributed by atoms with Gasteiger partial charge < -0.3 is 10.2 Å². The van der Waals surface area contributed by atoms with Crippen LogP contribution in [-0.4, -0.2) is 22.4 Å². The molecule has 16 heavy (non-hydrogen) atoms. The average Bonchev–Trinajstić information content (AvgIpc) is 2.28. The molecule has 0 amide bonds. The summed E-state index contributed by atoms with van der Waals surface area (Å²) in [4.78, 5) is 0. The molecule has 0 spiro atoms. The van der Waals surface area contributed by atoms with Crippen LogP contribution < -0.4 is 0 Å². The Morgan fingerprint density at radius 2 is 1.75 bits per heavy atom. The molecular weight excluding hydrogens is 200 g/mol. The molecule has 0 aromatic carbocycles. The van der Waals surface area contributed by atoms with E-state index in [0.717, 1.165) is 12.8 Å². The maximum Gasteiger partial charge on any atom is 0.0908 e. The van der Waals surface area contributed by atoms with Crippen LogP contribution in [0.2, 0.25) is 0 Å². The van der Waals surface area contributed by atoms with Gasteiger partial charge in [0, 0.05) is 6.42 Å². The van der Waals surface area contributed by atoms with Crippen LogP contribution in [0, 0.1) is 24.2 Å². The molecule has 0 aliphatic carbocycles. The maximum absolute atomic E-state index is 9.60. The van der Waals surface area contributed by atoms with Crippen LogP contribution >= 0.6 is 0 Å². The fraction of sp³-hybridized carbons (Fsp3) is 0.714.